The van der Waals surface area contributed by atoms with Crippen molar-refractivity contribution in [3.8, 4) is 0 Å². The lowest BCUT2D eigenvalue weighted by Crippen LogP contribution is -2.36. The summed E-state index contributed by atoms with van der Waals surface area (Å²) in [6.45, 7) is 3.29. The highest BCUT2D eigenvalue weighted by Gasteiger charge is 2.25. The van der Waals surface area contributed by atoms with Crippen molar-refractivity contribution in [3.63, 3.8) is 0 Å². The van der Waals surface area contributed by atoms with E-state index in [0.29, 0.717) is 17.8 Å². The molecule has 0 bridgehead atoms. The molecule has 2 aliphatic rings. The van der Waals surface area contributed by atoms with Crippen LogP contribution < -0.4 is 21.3 Å². The molecule has 4 N–H and O–H groups in total. The second-order valence-electron chi connectivity index (χ2n) is 6.39. The third-order valence-electron chi connectivity index (χ3n) is 4.34. The van der Waals surface area contributed by atoms with Crippen LogP contribution in [0.1, 0.15) is 23.3 Å². The smallest absolute Gasteiger partial charge is 0.273 e. The number of primary amides is 1. The van der Waals surface area contributed by atoms with Crippen LogP contribution in [0.25, 0.3) is 0 Å². The van der Waals surface area contributed by atoms with Crippen LogP contribution in [0.4, 0.5) is 23.1 Å². The van der Waals surface area contributed by atoms with Crippen LogP contribution in [0, 0.1) is 0 Å². The molecule has 1 amide bonds. The molecular formula is C17H21N7O2. The van der Waals surface area contributed by atoms with E-state index in [1.54, 1.807) is 0 Å². The fourth-order valence-electron chi connectivity index (χ4n) is 2.77. The van der Waals surface area contributed by atoms with Gasteiger partial charge in [-0.2, -0.15) is 4.98 Å². The number of benzene rings is 1. The maximum absolute atomic E-state index is 11.5. The summed E-state index contributed by atoms with van der Waals surface area (Å²) >= 11 is 0. The molecule has 0 unspecified atom stereocenters. The van der Waals surface area contributed by atoms with E-state index in [4.69, 9.17) is 10.5 Å². The van der Waals surface area contributed by atoms with Crippen molar-refractivity contribution in [2.24, 2.45) is 5.73 Å². The molecule has 1 aromatic carbocycles. The Balaban J connectivity index is 1.48. The summed E-state index contributed by atoms with van der Waals surface area (Å²) in [5, 5.41) is 14.2. The molecule has 2 heterocycles. The Hall–Kier alpha value is -2.94. The first-order chi connectivity index (χ1) is 12.7. The Morgan fingerprint density at radius 3 is 2.54 bits per heavy atom. The van der Waals surface area contributed by atoms with Crippen molar-refractivity contribution in [2.75, 3.05) is 41.8 Å². The predicted molar refractivity (Wildman–Crippen MR) is 97.7 cm³/mol. The molecule has 2 fully saturated rings. The first-order valence-corrected chi connectivity index (χ1v) is 8.70. The standard InChI is InChI=1S/C17H21N7O2/c18-15(25)14-16(19-11-1-2-11)21-17(23-22-14)20-12-3-5-13(6-4-12)24-7-9-26-10-8-24/h3-6,11H,1-2,7-10H2,(H2,18,25)(H2,19,20,21,23). The molecule has 1 aliphatic heterocycles. The van der Waals surface area contributed by atoms with Gasteiger partial charge in [-0.05, 0) is 37.1 Å². The van der Waals surface area contributed by atoms with E-state index >= 15 is 0 Å². The number of anilines is 4. The summed E-state index contributed by atoms with van der Waals surface area (Å²) in [7, 11) is 0. The number of nitrogens with one attached hydrogen (secondary N) is 2. The molecule has 0 radical (unpaired) electrons. The van der Waals surface area contributed by atoms with Crippen molar-refractivity contribution in [3.05, 3.63) is 30.0 Å². The number of amides is 1. The highest BCUT2D eigenvalue weighted by atomic mass is 16.5. The van der Waals surface area contributed by atoms with Crippen molar-refractivity contribution >= 4 is 29.0 Å². The Kier molecular flexibility index (Phi) is 4.53. The van der Waals surface area contributed by atoms with E-state index in [2.05, 4.69) is 30.7 Å². The fourth-order valence-corrected chi connectivity index (χ4v) is 2.77. The molecule has 1 saturated heterocycles. The maximum Gasteiger partial charge on any atom is 0.273 e. The monoisotopic (exact) mass is 355 g/mol. The quantitative estimate of drug-likeness (QED) is 0.705. The Morgan fingerprint density at radius 2 is 1.88 bits per heavy atom. The van der Waals surface area contributed by atoms with Gasteiger partial charge in [-0.25, -0.2) is 0 Å². The van der Waals surface area contributed by atoms with Gasteiger partial charge < -0.3 is 26.0 Å². The number of nitrogens with zero attached hydrogens (tertiary/aromatic N) is 4. The van der Waals surface area contributed by atoms with E-state index in [0.717, 1.165) is 50.5 Å². The summed E-state index contributed by atoms with van der Waals surface area (Å²) in [4.78, 5) is 18.1. The first kappa shape index (κ1) is 16.5. The van der Waals surface area contributed by atoms with E-state index in [1.165, 1.54) is 0 Å². The van der Waals surface area contributed by atoms with Crippen LogP contribution in [0.2, 0.25) is 0 Å². The van der Waals surface area contributed by atoms with Crippen LogP contribution in [0.5, 0.6) is 0 Å². The summed E-state index contributed by atoms with van der Waals surface area (Å²) in [5.41, 5.74) is 7.40. The molecule has 26 heavy (non-hydrogen) atoms. The lowest BCUT2D eigenvalue weighted by atomic mass is 10.2. The van der Waals surface area contributed by atoms with E-state index in [-0.39, 0.29) is 5.69 Å². The van der Waals surface area contributed by atoms with Crippen LogP contribution in [0.3, 0.4) is 0 Å². The van der Waals surface area contributed by atoms with Crippen molar-refractivity contribution in [1.82, 2.24) is 15.2 Å². The van der Waals surface area contributed by atoms with Crippen molar-refractivity contribution < 1.29 is 9.53 Å². The second-order valence-corrected chi connectivity index (χ2v) is 6.39. The average Bonchev–Trinajstić information content (AvgIpc) is 3.47. The SMILES string of the molecule is NC(=O)c1nnc(Nc2ccc(N3CCOCC3)cc2)nc1NC1CC1. The van der Waals surface area contributed by atoms with E-state index in [9.17, 15) is 4.79 Å². The number of ether oxygens (including phenoxy) is 1. The zero-order chi connectivity index (χ0) is 17.9. The topological polar surface area (TPSA) is 118 Å². The predicted octanol–water partition coefficient (Wildman–Crippen LogP) is 1.12. The number of nitrogens with two attached hydrogens (primary N) is 1. The molecule has 0 atom stereocenters. The van der Waals surface area contributed by atoms with Gasteiger partial charge >= 0.3 is 0 Å². The van der Waals surface area contributed by atoms with Gasteiger partial charge in [0.25, 0.3) is 5.91 Å². The fraction of sp³-hybridized carbons (Fsp3) is 0.412. The van der Waals surface area contributed by atoms with Gasteiger partial charge in [-0.3, -0.25) is 4.79 Å². The Bertz CT molecular complexity index is 786. The second kappa shape index (κ2) is 7.12. The van der Waals surface area contributed by atoms with Gasteiger partial charge in [-0.15, -0.1) is 10.2 Å². The van der Waals surface area contributed by atoms with E-state index in [1.807, 2.05) is 24.3 Å². The number of carbonyl (C=O) groups is 1. The normalized spacial score (nSPS) is 17.0. The van der Waals surface area contributed by atoms with Gasteiger partial charge in [0.2, 0.25) is 5.95 Å². The largest absolute Gasteiger partial charge is 0.378 e. The number of aromatic nitrogens is 3. The number of hydrogen-bond acceptors (Lipinski definition) is 8. The molecule has 0 spiro atoms. The molecular weight excluding hydrogens is 334 g/mol. The van der Waals surface area contributed by atoms with Crippen molar-refractivity contribution in [2.45, 2.75) is 18.9 Å². The molecule has 2 aromatic rings. The van der Waals surface area contributed by atoms with E-state index < -0.39 is 5.91 Å². The maximum atomic E-state index is 11.5. The summed E-state index contributed by atoms with van der Waals surface area (Å²) in [6.07, 6.45) is 2.10. The summed E-state index contributed by atoms with van der Waals surface area (Å²) < 4.78 is 5.38. The lowest BCUT2D eigenvalue weighted by Gasteiger charge is -2.28. The minimum absolute atomic E-state index is 0.0603. The highest BCUT2D eigenvalue weighted by Crippen LogP contribution is 2.26. The van der Waals surface area contributed by atoms with Crippen molar-refractivity contribution in [1.29, 1.82) is 0 Å². The minimum Gasteiger partial charge on any atom is -0.378 e. The highest BCUT2D eigenvalue weighted by molar-refractivity contribution is 5.95. The Morgan fingerprint density at radius 1 is 1.15 bits per heavy atom. The first-order valence-electron chi connectivity index (χ1n) is 8.70. The third-order valence-corrected chi connectivity index (χ3v) is 4.34. The molecule has 1 aliphatic carbocycles. The summed E-state index contributed by atoms with van der Waals surface area (Å²) in [6, 6.07) is 8.34. The molecule has 1 saturated carbocycles. The van der Waals surface area contributed by atoms with Crippen LogP contribution in [0.15, 0.2) is 24.3 Å². The molecule has 9 heteroatoms. The molecule has 1 aromatic heterocycles. The Labute approximate surface area is 150 Å². The number of carbonyl (C=O) groups excluding carboxylic acids is 1. The molecule has 4 rings (SSSR count). The lowest BCUT2D eigenvalue weighted by molar-refractivity contribution is 0.0995. The zero-order valence-electron chi connectivity index (χ0n) is 14.3. The van der Waals surface area contributed by atoms with Gasteiger partial charge in [-0.1, -0.05) is 0 Å². The summed E-state index contributed by atoms with van der Waals surface area (Å²) in [5.74, 6) is 0.0503. The number of rotatable bonds is 6. The third kappa shape index (κ3) is 3.83. The molecule has 136 valence electrons. The van der Waals surface area contributed by atoms with Crippen LogP contribution in [-0.2, 0) is 4.74 Å². The van der Waals surface area contributed by atoms with Crippen LogP contribution in [-0.4, -0.2) is 53.4 Å². The minimum atomic E-state index is -0.644. The average molecular weight is 355 g/mol. The zero-order valence-corrected chi connectivity index (χ0v) is 14.3. The number of hydrogen-bond donors (Lipinski definition) is 3. The van der Waals surface area contributed by atoms with Gasteiger partial charge in [0, 0.05) is 30.5 Å². The van der Waals surface area contributed by atoms with Gasteiger partial charge in [0.05, 0.1) is 13.2 Å². The number of morpholine rings is 1. The van der Waals surface area contributed by atoms with Gasteiger partial charge in [0.1, 0.15) is 0 Å². The molecule has 9 nitrogen and oxygen atoms in total. The van der Waals surface area contributed by atoms with Crippen LogP contribution >= 0.6 is 0 Å². The van der Waals surface area contributed by atoms with Gasteiger partial charge in [0.15, 0.2) is 11.5 Å².